The van der Waals surface area contributed by atoms with Gasteiger partial charge in [-0.1, -0.05) is 20.8 Å². The van der Waals surface area contributed by atoms with E-state index in [9.17, 15) is 5.11 Å². The van der Waals surface area contributed by atoms with Crippen molar-refractivity contribution >= 4 is 0 Å². The van der Waals surface area contributed by atoms with Crippen LogP contribution in [-0.4, -0.2) is 28.0 Å². The summed E-state index contributed by atoms with van der Waals surface area (Å²) in [5.41, 5.74) is 0.965. The van der Waals surface area contributed by atoms with Gasteiger partial charge in [-0.15, -0.1) is 0 Å². The smallest absolute Gasteiger partial charge is 0.0712 e. The number of rotatable bonds is 4. The number of nitrogens with zero attached hydrogens (tertiary/aromatic N) is 1. The molecule has 0 fully saturated rings. The van der Waals surface area contributed by atoms with Gasteiger partial charge in [-0.25, -0.2) is 0 Å². The van der Waals surface area contributed by atoms with Crippen molar-refractivity contribution in [2.45, 2.75) is 33.4 Å². The van der Waals surface area contributed by atoms with Crippen LogP contribution >= 0.6 is 0 Å². The predicted molar refractivity (Wildman–Crippen MR) is 55.8 cm³/mol. The molecule has 1 unspecified atom stereocenters. The molecule has 0 amide bonds. The molecular formula is C10H19N3O. The van der Waals surface area contributed by atoms with Crippen molar-refractivity contribution < 1.29 is 5.11 Å². The molecule has 1 atom stereocenters. The predicted octanol–water partition coefficient (Wildman–Crippen LogP) is 0.906. The van der Waals surface area contributed by atoms with Crippen molar-refractivity contribution in [2.75, 3.05) is 6.54 Å². The SMILES string of the molecule is CC(C)(C)C(O)CNCc1ccn[nH]1. The Bertz CT molecular complexity index is 251. The average molecular weight is 197 g/mol. The first-order valence-corrected chi connectivity index (χ1v) is 4.87. The van der Waals surface area contributed by atoms with Gasteiger partial charge < -0.3 is 10.4 Å². The van der Waals surface area contributed by atoms with Gasteiger partial charge in [0.15, 0.2) is 0 Å². The van der Waals surface area contributed by atoms with E-state index in [0.29, 0.717) is 13.1 Å². The molecule has 14 heavy (non-hydrogen) atoms. The number of aromatic nitrogens is 2. The number of aliphatic hydroxyl groups is 1. The highest BCUT2D eigenvalue weighted by Crippen LogP contribution is 2.18. The van der Waals surface area contributed by atoms with Gasteiger partial charge in [0.05, 0.1) is 6.10 Å². The second kappa shape index (κ2) is 4.57. The molecule has 0 saturated heterocycles. The molecule has 4 nitrogen and oxygen atoms in total. The lowest BCUT2D eigenvalue weighted by molar-refractivity contribution is 0.0627. The minimum Gasteiger partial charge on any atom is -0.391 e. The van der Waals surface area contributed by atoms with E-state index in [1.165, 1.54) is 0 Å². The standard InChI is InChI=1S/C10H19N3O/c1-10(2,3)9(14)7-11-6-8-4-5-12-13-8/h4-5,9,11,14H,6-7H2,1-3H3,(H,12,13). The van der Waals surface area contributed by atoms with Gasteiger partial charge in [-0.2, -0.15) is 5.10 Å². The Morgan fingerprint density at radius 2 is 2.29 bits per heavy atom. The largest absolute Gasteiger partial charge is 0.391 e. The maximum atomic E-state index is 9.73. The molecule has 0 spiro atoms. The van der Waals surface area contributed by atoms with Crippen LogP contribution < -0.4 is 5.32 Å². The molecule has 3 N–H and O–H groups in total. The molecule has 0 bridgehead atoms. The molecule has 0 saturated carbocycles. The van der Waals surface area contributed by atoms with Gasteiger partial charge in [0.1, 0.15) is 0 Å². The van der Waals surface area contributed by atoms with Crippen molar-refractivity contribution in [3.05, 3.63) is 18.0 Å². The van der Waals surface area contributed by atoms with Crippen molar-refractivity contribution in [3.63, 3.8) is 0 Å². The van der Waals surface area contributed by atoms with Crippen LogP contribution in [0.2, 0.25) is 0 Å². The highest BCUT2D eigenvalue weighted by atomic mass is 16.3. The normalized spacial score (nSPS) is 14.3. The van der Waals surface area contributed by atoms with Crippen molar-refractivity contribution in [3.8, 4) is 0 Å². The third-order valence-corrected chi connectivity index (χ3v) is 2.21. The summed E-state index contributed by atoms with van der Waals surface area (Å²) in [7, 11) is 0. The first kappa shape index (κ1) is 11.2. The summed E-state index contributed by atoms with van der Waals surface area (Å²) >= 11 is 0. The van der Waals surface area contributed by atoms with Crippen LogP contribution in [0.15, 0.2) is 12.3 Å². The fourth-order valence-electron chi connectivity index (χ4n) is 1.03. The molecule has 0 aliphatic rings. The topological polar surface area (TPSA) is 60.9 Å². The molecular weight excluding hydrogens is 178 g/mol. The lowest BCUT2D eigenvalue weighted by Crippen LogP contribution is -2.36. The number of hydrogen-bond donors (Lipinski definition) is 3. The van der Waals surface area contributed by atoms with E-state index in [-0.39, 0.29) is 11.5 Å². The lowest BCUT2D eigenvalue weighted by Gasteiger charge is -2.25. The van der Waals surface area contributed by atoms with Crippen LogP contribution in [0.1, 0.15) is 26.5 Å². The fourth-order valence-corrected chi connectivity index (χ4v) is 1.03. The first-order valence-electron chi connectivity index (χ1n) is 4.87. The summed E-state index contributed by atoms with van der Waals surface area (Å²) in [4.78, 5) is 0. The number of nitrogens with one attached hydrogen (secondary N) is 2. The third kappa shape index (κ3) is 3.47. The Labute approximate surface area is 84.7 Å². The fraction of sp³-hybridized carbons (Fsp3) is 0.700. The number of aliphatic hydroxyl groups excluding tert-OH is 1. The van der Waals surface area contributed by atoms with E-state index in [4.69, 9.17) is 0 Å². The van der Waals surface area contributed by atoms with Crippen molar-refractivity contribution in [1.29, 1.82) is 0 Å². The van der Waals surface area contributed by atoms with Gasteiger partial charge in [0.2, 0.25) is 0 Å². The molecule has 1 aromatic rings. The maximum absolute atomic E-state index is 9.73. The molecule has 4 heteroatoms. The molecule has 0 aliphatic heterocycles. The summed E-state index contributed by atoms with van der Waals surface area (Å²) in [5, 5.41) is 19.6. The molecule has 0 radical (unpaired) electrons. The van der Waals surface area contributed by atoms with E-state index in [2.05, 4.69) is 15.5 Å². The van der Waals surface area contributed by atoms with E-state index in [1.54, 1.807) is 6.20 Å². The van der Waals surface area contributed by atoms with Crippen LogP contribution in [0.5, 0.6) is 0 Å². The summed E-state index contributed by atoms with van der Waals surface area (Å²) in [6, 6.07) is 1.91. The van der Waals surface area contributed by atoms with Gasteiger partial charge in [0.25, 0.3) is 0 Å². The average Bonchev–Trinajstić information content (AvgIpc) is 2.55. The zero-order chi connectivity index (χ0) is 10.6. The van der Waals surface area contributed by atoms with Gasteiger partial charge in [-0.05, 0) is 11.5 Å². The number of hydrogen-bond acceptors (Lipinski definition) is 3. The Hall–Kier alpha value is -0.870. The van der Waals surface area contributed by atoms with E-state index >= 15 is 0 Å². The second-order valence-corrected chi connectivity index (χ2v) is 4.59. The molecule has 1 aromatic heterocycles. The van der Waals surface area contributed by atoms with E-state index < -0.39 is 0 Å². The monoisotopic (exact) mass is 197 g/mol. The lowest BCUT2D eigenvalue weighted by atomic mass is 9.89. The quantitative estimate of drug-likeness (QED) is 0.672. The number of H-pyrrole nitrogens is 1. The molecule has 0 aromatic carbocycles. The molecule has 1 heterocycles. The minimum absolute atomic E-state index is 0.0685. The Kier molecular flexibility index (Phi) is 3.66. The summed E-state index contributed by atoms with van der Waals surface area (Å²) in [6.07, 6.45) is 1.39. The molecule has 1 rings (SSSR count). The van der Waals surface area contributed by atoms with Crippen LogP contribution in [0.3, 0.4) is 0 Å². The van der Waals surface area contributed by atoms with Crippen molar-refractivity contribution in [1.82, 2.24) is 15.5 Å². The first-order chi connectivity index (χ1) is 6.50. The Morgan fingerprint density at radius 1 is 1.57 bits per heavy atom. The third-order valence-electron chi connectivity index (χ3n) is 2.21. The van der Waals surface area contributed by atoms with E-state index in [0.717, 1.165) is 5.69 Å². The molecule has 80 valence electrons. The summed E-state index contributed by atoms with van der Waals surface area (Å²) in [6.45, 7) is 7.39. The van der Waals surface area contributed by atoms with Crippen LogP contribution in [0, 0.1) is 5.41 Å². The molecule has 0 aliphatic carbocycles. The summed E-state index contributed by atoms with van der Waals surface area (Å²) in [5.74, 6) is 0. The van der Waals surface area contributed by atoms with E-state index in [1.807, 2.05) is 26.8 Å². The van der Waals surface area contributed by atoms with Crippen LogP contribution in [0.25, 0.3) is 0 Å². The second-order valence-electron chi connectivity index (χ2n) is 4.59. The highest BCUT2D eigenvalue weighted by molar-refractivity contribution is 4.96. The minimum atomic E-state index is -0.328. The van der Waals surface area contributed by atoms with Crippen LogP contribution in [0.4, 0.5) is 0 Å². The van der Waals surface area contributed by atoms with Gasteiger partial charge >= 0.3 is 0 Å². The van der Waals surface area contributed by atoms with Gasteiger partial charge in [0, 0.05) is 25.0 Å². The maximum Gasteiger partial charge on any atom is 0.0712 e. The van der Waals surface area contributed by atoms with Crippen LogP contribution in [-0.2, 0) is 6.54 Å². The zero-order valence-electron chi connectivity index (χ0n) is 9.04. The van der Waals surface area contributed by atoms with Crippen molar-refractivity contribution in [2.24, 2.45) is 5.41 Å². The van der Waals surface area contributed by atoms with Gasteiger partial charge in [-0.3, -0.25) is 5.10 Å². The Balaban J connectivity index is 2.22. The zero-order valence-corrected chi connectivity index (χ0v) is 9.04. The Morgan fingerprint density at radius 3 is 2.79 bits per heavy atom. The number of aromatic amines is 1. The summed E-state index contributed by atoms with van der Waals surface area (Å²) < 4.78 is 0. The highest BCUT2D eigenvalue weighted by Gasteiger charge is 2.21.